The smallest absolute Gasteiger partial charge is 0.257 e. The topological polar surface area (TPSA) is 65.8 Å². The van der Waals surface area contributed by atoms with Crippen LogP contribution in [0, 0.1) is 39.0 Å². The van der Waals surface area contributed by atoms with Crippen molar-refractivity contribution >= 4 is 33.1 Å². The van der Waals surface area contributed by atoms with E-state index in [9.17, 15) is 10.1 Å². The third-order valence-electron chi connectivity index (χ3n) is 5.35. The number of benzene rings is 2. The van der Waals surface area contributed by atoms with Crippen molar-refractivity contribution in [3.8, 4) is 17.3 Å². The van der Waals surface area contributed by atoms with Gasteiger partial charge in [-0.3, -0.25) is 4.79 Å². The van der Waals surface area contributed by atoms with Crippen LogP contribution in [0.3, 0.4) is 0 Å². The zero-order chi connectivity index (χ0) is 21.4. The van der Waals surface area contributed by atoms with Crippen molar-refractivity contribution in [2.24, 2.45) is 0 Å². The zero-order valence-corrected chi connectivity index (χ0v) is 18.1. The van der Waals surface area contributed by atoms with E-state index in [0.717, 1.165) is 43.7 Å². The van der Waals surface area contributed by atoms with Crippen molar-refractivity contribution in [3.63, 3.8) is 0 Å². The highest BCUT2D eigenvalue weighted by Gasteiger charge is 2.19. The zero-order valence-electron chi connectivity index (χ0n) is 17.3. The van der Waals surface area contributed by atoms with E-state index >= 15 is 0 Å². The van der Waals surface area contributed by atoms with Gasteiger partial charge in [0.15, 0.2) is 0 Å². The number of carbonyl (C=O) groups is 1. The largest absolute Gasteiger partial charge is 0.312 e. The highest BCUT2D eigenvalue weighted by atomic mass is 32.1. The Hall–Kier alpha value is -3.49. The minimum atomic E-state index is -0.238. The van der Waals surface area contributed by atoms with Crippen LogP contribution >= 0.6 is 11.3 Å². The van der Waals surface area contributed by atoms with Crippen molar-refractivity contribution in [3.05, 3.63) is 81.2 Å². The Morgan fingerprint density at radius 2 is 1.83 bits per heavy atom. The van der Waals surface area contributed by atoms with Gasteiger partial charge in [0.25, 0.3) is 5.91 Å². The molecule has 0 unspecified atom stereocenters. The molecule has 4 nitrogen and oxygen atoms in total. The highest BCUT2D eigenvalue weighted by molar-refractivity contribution is 7.16. The number of fused-ring (bicyclic) bond motifs is 1. The molecule has 148 valence electrons. The predicted molar refractivity (Wildman–Crippen MR) is 123 cm³/mol. The Kier molecular flexibility index (Phi) is 5.11. The van der Waals surface area contributed by atoms with Gasteiger partial charge in [0, 0.05) is 15.8 Å². The van der Waals surface area contributed by atoms with E-state index in [1.165, 1.54) is 11.3 Å². The maximum atomic E-state index is 13.3. The van der Waals surface area contributed by atoms with Gasteiger partial charge in [0.1, 0.15) is 11.1 Å². The minimum Gasteiger partial charge on any atom is -0.312 e. The number of aryl methyl sites for hydroxylation is 3. The van der Waals surface area contributed by atoms with Crippen molar-refractivity contribution in [2.75, 3.05) is 5.32 Å². The number of hydrogen-bond acceptors (Lipinski definition) is 4. The van der Waals surface area contributed by atoms with Crippen LogP contribution in [-0.4, -0.2) is 10.9 Å². The fourth-order valence-corrected chi connectivity index (χ4v) is 4.54. The molecular weight excluding hydrogens is 390 g/mol. The lowest BCUT2D eigenvalue weighted by Gasteiger charge is -2.12. The molecule has 0 aliphatic carbocycles. The summed E-state index contributed by atoms with van der Waals surface area (Å²) in [6.45, 7) is 7.95. The van der Waals surface area contributed by atoms with Gasteiger partial charge < -0.3 is 5.32 Å². The van der Waals surface area contributed by atoms with Crippen LogP contribution in [0.1, 0.15) is 37.5 Å². The highest BCUT2D eigenvalue weighted by Crippen LogP contribution is 2.33. The van der Waals surface area contributed by atoms with E-state index < -0.39 is 0 Å². The number of anilines is 1. The second-order valence-corrected chi connectivity index (χ2v) is 8.67. The summed E-state index contributed by atoms with van der Waals surface area (Å²) in [5.74, 6) is -0.238. The van der Waals surface area contributed by atoms with Crippen LogP contribution in [0.2, 0.25) is 0 Å². The van der Waals surface area contributed by atoms with E-state index in [-0.39, 0.29) is 5.91 Å². The molecule has 5 heteroatoms. The Labute approximate surface area is 179 Å². The molecule has 0 fully saturated rings. The van der Waals surface area contributed by atoms with E-state index in [2.05, 4.69) is 29.6 Å². The van der Waals surface area contributed by atoms with Gasteiger partial charge in [-0.1, -0.05) is 35.9 Å². The minimum absolute atomic E-state index is 0.238. The molecule has 30 heavy (non-hydrogen) atoms. The number of hydrogen-bond donors (Lipinski definition) is 1. The van der Waals surface area contributed by atoms with E-state index in [1.54, 1.807) is 0 Å². The summed E-state index contributed by atoms with van der Waals surface area (Å²) < 4.78 is 0. The van der Waals surface area contributed by atoms with Gasteiger partial charge in [-0.05, 0) is 57.0 Å². The van der Waals surface area contributed by atoms with Gasteiger partial charge in [-0.25, -0.2) is 4.98 Å². The lowest BCUT2D eigenvalue weighted by molar-refractivity contribution is 0.102. The summed E-state index contributed by atoms with van der Waals surface area (Å²) in [5, 5.41) is 13.9. The number of carbonyl (C=O) groups excluding carboxylic acids is 1. The molecule has 0 spiro atoms. The van der Waals surface area contributed by atoms with Gasteiger partial charge >= 0.3 is 0 Å². The van der Waals surface area contributed by atoms with Crippen molar-refractivity contribution < 1.29 is 4.79 Å². The first kappa shape index (κ1) is 19.8. The summed E-state index contributed by atoms with van der Waals surface area (Å²) in [6, 6.07) is 17.9. The quantitative estimate of drug-likeness (QED) is 0.429. The van der Waals surface area contributed by atoms with Gasteiger partial charge in [0.05, 0.1) is 22.3 Å². The molecule has 2 heterocycles. The molecule has 0 aliphatic rings. The van der Waals surface area contributed by atoms with Crippen LogP contribution < -0.4 is 5.32 Å². The van der Waals surface area contributed by atoms with E-state index in [0.29, 0.717) is 16.1 Å². The first-order valence-electron chi connectivity index (χ1n) is 9.68. The van der Waals surface area contributed by atoms with Crippen LogP contribution in [0.4, 0.5) is 5.00 Å². The predicted octanol–water partition coefficient (Wildman–Crippen LogP) is 6.32. The number of nitrogens with zero attached hydrogens (tertiary/aromatic N) is 2. The molecule has 4 rings (SSSR count). The Morgan fingerprint density at radius 1 is 1.07 bits per heavy atom. The second-order valence-electron chi connectivity index (χ2n) is 7.44. The van der Waals surface area contributed by atoms with Crippen molar-refractivity contribution in [1.29, 1.82) is 5.26 Å². The Morgan fingerprint density at radius 3 is 2.60 bits per heavy atom. The maximum Gasteiger partial charge on any atom is 0.257 e. The maximum absolute atomic E-state index is 13.3. The number of nitriles is 1. The molecular formula is C25H21N3OS. The standard InChI is InChI=1S/C25H21N3OS/c1-14-9-10-15(2)19(11-14)23-12-20(18-7-5-6-8-22(18)27-23)24(29)28-25-21(13-26)16(3)17(4)30-25/h5-12H,1-4H3,(H,28,29). The monoisotopic (exact) mass is 411 g/mol. The van der Waals surface area contributed by atoms with Gasteiger partial charge in [-0.15, -0.1) is 11.3 Å². The van der Waals surface area contributed by atoms with Crippen LogP contribution in [0.15, 0.2) is 48.5 Å². The summed E-state index contributed by atoms with van der Waals surface area (Å²) >= 11 is 1.43. The number of pyridine rings is 1. The number of rotatable bonds is 3. The van der Waals surface area contributed by atoms with Gasteiger partial charge in [-0.2, -0.15) is 5.26 Å². The third-order valence-corrected chi connectivity index (χ3v) is 6.48. The number of thiophene rings is 1. The molecule has 0 atom stereocenters. The van der Waals surface area contributed by atoms with Crippen LogP contribution in [-0.2, 0) is 0 Å². The first-order chi connectivity index (χ1) is 14.4. The van der Waals surface area contributed by atoms with Crippen molar-refractivity contribution in [1.82, 2.24) is 4.98 Å². The molecule has 0 bridgehead atoms. The average Bonchev–Trinajstić information content (AvgIpc) is 3.01. The summed E-state index contributed by atoms with van der Waals surface area (Å²) in [5.41, 5.74) is 6.76. The Balaban J connectivity index is 1.86. The summed E-state index contributed by atoms with van der Waals surface area (Å²) in [6.07, 6.45) is 0. The lowest BCUT2D eigenvalue weighted by atomic mass is 9.99. The number of para-hydroxylation sites is 1. The van der Waals surface area contributed by atoms with Crippen LogP contribution in [0.25, 0.3) is 22.2 Å². The molecule has 1 N–H and O–H groups in total. The number of aromatic nitrogens is 1. The Bertz CT molecular complexity index is 1340. The van der Waals surface area contributed by atoms with Crippen molar-refractivity contribution in [2.45, 2.75) is 27.7 Å². The van der Waals surface area contributed by atoms with Gasteiger partial charge in [0.2, 0.25) is 0 Å². The second kappa shape index (κ2) is 7.74. The number of nitrogens with one attached hydrogen (secondary N) is 1. The third kappa shape index (κ3) is 3.47. The molecule has 1 amide bonds. The first-order valence-corrected chi connectivity index (χ1v) is 10.5. The average molecular weight is 412 g/mol. The molecule has 4 aromatic rings. The molecule has 0 radical (unpaired) electrons. The molecule has 0 saturated carbocycles. The molecule has 0 aliphatic heterocycles. The van der Waals surface area contributed by atoms with Crippen LogP contribution in [0.5, 0.6) is 0 Å². The van der Waals surface area contributed by atoms with E-state index in [1.807, 2.05) is 58.0 Å². The molecule has 2 aromatic carbocycles. The summed E-state index contributed by atoms with van der Waals surface area (Å²) in [4.78, 5) is 19.2. The SMILES string of the molecule is Cc1ccc(C)c(-c2cc(C(=O)Nc3sc(C)c(C)c3C#N)c3ccccc3n2)c1. The molecule has 2 aromatic heterocycles. The van der Waals surface area contributed by atoms with E-state index in [4.69, 9.17) is 4.98 Å². The summed E-state index contributed by atoms with van der Waals surface area (Å²) in [7, 11) is 0. The lowest BCUT2D eigenvalue weighted by Crippen LogP contribution is -2.13. The molecule has 0 saturated heterocycles. The fraction of sp³-hybridized carbons (Fsp3) is 0.160. The number of amides is 1. The fourth-order valence-electron chi connectivity index (χ4n) is 3.53. The normalized spacial score (nSPS) is 10.8.